The number of ether oxygens (including phenoxy) is 8. The fourth-order valence-electron chi connectivity index (χ4n) is 23.4. The smallest absolute Gasteiger partial charge is 0.333 e. The number of hydrogen-bond acceptors (Lipinski definition) is 16. The molecule has 2 aliphatic heterocycles. The van der Waals surface area contributed by atoms with E-state index in [0.29, 0.717) is 41.2 Å². The fraction of sp³-hybridized carbons (Fsp3) is 0.903. The molecule has 0 amide bonds. The Hall–Kier alpha value is -3.93. The fourth-order valence-corrected chi connectivity index (χ4v) is 23.4. The Morgan fingerprint density at radius 1 is 0.247 bits per heavy atom. The predicted octanol–water partition coefficient (Wildman–Crippen LogP) is 39.1. The van der Waals surface area contributed by atoms with E-state index >= 15 is 9.59 Å². The monoisotopic (exact) mass is 2110 g/mol. The normalized spacial score (nSPS) is 20.1. The molecular formula is C134H248O16. The van der Waals surface area contributed by atoms with Crippen LogP contribution in [-0.4, -0.2) is 120 Å². The van der Waals surface area contributed by atoms with Gasteiger partial charge in [-0.3, -0.25) is 4.79 Å². The summed E-state index contributed by atoms with van der Waals surface area (Å²) < 4.78 is 52.3. The third kappa shape index (κ3) is 76.7. The molecule has 0 aromatic carbocycles. The molecule has 2 saturated heterocycles. The van der Waals surface area contributed by atoms with Crippen molar-refractivity contribution < 1.29 is 77.2 Å². The second kappa shape index (κ2) is 98.2. The second-order valence-electron chi connectivity index (χ2n) is 48.9. The van der Waals surface area contributed by atoms with E-state index < -0.39 is 104 Å². The molecule has 2 rings (SSSR count). The van der Waals surface area contributed by atoms with Crippen molar-refractivity contribution in [1.82, 2.24) is 0 Å². The summed E-state index contributed by atoms with van der Waals surface area (Å²) >= 11 is 0. The average Bonchev–Trinajstić information content (AvgIpc) is 0.768. The first-order chi connectivity index (χ1) is 72.7. The number of hydrogen-bond donors (Lipinski definition) is 3. The number of carbonyl (C=O) groups excluding carboxylic acids is 5. The van der Waals surface area contributed by atoms with Gasteiger partial charge in [0.25, 0.3) is 0 Å². The number of unbranched alkanes of at least 4 members (excludes halogenated alkanes) is 70. The van der Waals surface area contributed by atoms with Crippen LogP contribution in [0.1, 0.15) is 657 Å². The summed E-state index contributed by atoms with van der Waals surface area (Å²) in [6, 6.07) is 0. The van der Waals surface area contributed by atoms with Gasteiger partial charge in [0.1, 0.15) is 31.0 Å². The van der Waals surface area contributed by atoms with Crippen LogP contribution in [0.15, 0.2) is 46.6 Å². The largest absolute Gasteiger partial charge is 0.459 e. The SMILES string of the molecule is CCCCCCCCCCCCCCCCCC[C@H](C)C[C@H](C)/C=C(\C)C(=O)OCC1O[C@H](O[C@H]2OC(CO)[C@@H](OC(=O)/C(C)=C/[C@@H](C)C[C@@H](C)CCCCCCCCCCCCCCCCCC)C(O)[C@@H]2OC(=O)/C(C)=C/[C@@H](C)C[C@@H](C)CCCCCCCCCCCCCCCCCC)[C@H](OC(=O)CCCCCCCCCCCCCCC)C(OC(=O)/C(C)=C/[C@@H](C)C[C@@H](C)CCCCCCCCCCCCCCCC)[C@@H]1O. The lowest BCUT2D eigenvalue weighted by Crippen LogP contribution is -2.66. The molecule has 3 N–H and O–H groups in total. The van der Waals surface area contributed by atoms with E-state index in [1.165, 1.54) is 424 Å². The van der Waals surface area contributed by atoms with Crippen LogP contribution in [0.2, 0.25) is 0 Å². The Morgan fingerprint density at radius 2 is 0.453 bits per heavy atom. The van der Waals surface area contributed by atoms with Gasteiger partial charge in [0.15, 0.2) is 24.4 Å². The van der Waals surface area contributed by atoms with Gasteiger partial charge in [-0.1, -0.05) is 615 Å². The standard InChI is InChI=1S/C134H248O16/c1-18-23-28-33-38-43-48-53-57-60-65-69-74-78-83-88-93-108(6)98-112(10)102-116(14)129(139)143-107-121-123(137)126(148-131(141)118(16)104-114(12)100-110(8)95-90-85-79-73-68-64-56-51-46-41-36-31-26-21-4)128(146-122(136)97-92-87-82-77-72-63-52-47-42-37-32-27-22-5)134(145-121)150-133-127(149-132(142)119(17)105-115(13)101-111(9)96-91-86-81-76-71-67-62-59-55-50-45-40-35-30-25-20-3)124(138)125(120(106-135)144-133)147-130(140)117(15)103-113(11)99-109(7)94-89-84-80-75-70-66-61-58-54-49-44-39-34-29-24-19-2/h102-105,108-115,120-121,123-128,133-135,137-138H,18-101,106-107H2,1-17H3/b116-102+,117-103+,118-104+,119-105+/t108-,109-,110-,111-,112-,113-,114-,115-,120?,121?,123+,124?,125+,126?,127-,128+,133+,134+/m0/s1. The molecule has 18 atom stereocenters. The molecule has 0 bridgehead atoms. The molecule has 0 radical (unpaired) electrons. The second-order valence-corrected chi connectivity index (χ2v) is 48.9. The van der Waals surface area contributed by atoms with Gasteiger partial charge in [-0.05, 0) is 107 Å². The summed E-state index contributed by atoms with van der Waals surface area (Å²) in [5.41, 5.74) is 1.18. The summed E-state index contributed by atoms with van der Waals surface area (Å²) in [6.45, 7) is 34.2. The summed E-state index contributed by atoms with van der Waals surface area (Å²) in [4.78, 5) is 74.2. The summed E-state index contributed by atoms with van der Waals surface area (Å²) in [5, 5.41) is 37.6. The van der Waals surface area contributed by atoms with E-state index in [1.807, 2.05) is 24.3 Å². The van der Waals surface area contributed by atoms with Crippen molar-refractivity contribution in [3.63, 3.8) is 0 Å². The minimum Gasteiger partial charge on any atom is -0.459 e. The zero-order valence-corrected chi connectivity index (χ0v) is 102. The molecule has 0 aromatic rings. The van der Waals surface area contributed by atoms with Crippen LogP contribution in [0.4, 0.5) is 0 Å². The zero-order chi connectivity index (χ0) is 110. The van der Waals surface area contributed by atoms with Crippen molar-refractivity contribution in [3.8, 4) is 0 Å². The number of rotatable bonds is 105. The van der Waals surface area contributed by atoms with E-state index in [2.05, 4.69) is 90.0 Å². The van der Waals surface area contributed by atoms with Crippen LogP contribution in [0, 0.1) is 47.3 Å². The van der Waals surface area contributed by atoms with E-state index in [-0.39, 0.29) is 41.2 Å². The summed E-state index contributed by atoms with van der Waals surface area (Å²) in [7, 11) is 0. The van der Waals surface area contributed by atoms with E-state index in [9.17, 15) is 29.7 Å². The van der Waals surface area contributed by atoms with Gasteiger partial charge in [0.2, 0.25) is 12.6 Å². The summed E-state index contributed by atoms with van der Waals surface area (Å²) in [5.74, 6) is -2.17. The lowest BCUT2D eigenvalue weighted by atomic mass is 9.91. The lowest BCUT2D eigenvalue weighted by molar-refractivity contribution is -0.377. The Bertz CT molecular complexity index is 3270. The first-order valence-corrected chi connectivity index (χ1v) is 65.4. The average molecular weight is 2120 g/mol. The number of esters is 5. The van der Waals surface area contributed by atoms with Gasteiger partial charge in [0, 0.05) is 28.7 Å². The quantitative estimate of drug-likeness (QED) is 0.0223. The molecule has 880 valence electrons. The van der Waals surface area contributed by atoms with Crippen molar-refractivity contribution >= 4 is 29.8 Å². The van der Waals surface area contributed by atoms with E-state index in [1.54, 1.807) is 27.7 Å². The topological polar surface area (TPSA) is 220 Å². The molecule has 2 heterocycles. The van der Waals surface area contributed by atoms with Crippen LogP contribution in [0.5, 0.6) is 0 Å². The third-order valence-corrected chi connectivity index (χ3v) is 32.8. The van der Waals surface area contributed by atoms with Crippen molar-refractivity contribution in [1.29, 1.82) is 0 Å². The Morgan fingerprint density at radius 3 is 0.700 bits per heavy atom. The molecule has 0 spiro atoms. The van der Waals surface area contributed by atoms with Crippen LogP contribution in [-0.2, 0) is 61.9 Å². The van der Waals surface area contributed by atoms with Crippen molar-refractivity contribution in [3.05, 3.63) is 46.6 Å². The molecule has 0 saturated carbocycles. The molecule has 2 aliphatic rings. The Labute approximate surface area is 927 Å². The maximum atomic E-state index is 15.1. The Kier molecular flexibility index (Phi) is 93.1. The number of aliphatic hydroxyl groups excluding tert-OH is 3. The zero-order valence-electron chi connectivity index (χ0n) is 102. The highest BCUT2D eigenvalue weighted by molar-refractivity contribution is 5.89. The molecular weight excluding hydrogens is 1870 g/mol. The van der Waals surface area contributed by atoms with Crippen molar-refractivity contribution in [2.75, 3.05) is 13.2 Å². The summed E-state index contributed by atoms with van der Waals surface area (Å²) in [6.07, 6.45) is 93.8. The van der Waals surface area contributed by atoms with Crippen molar-refractivity contribution in [2.45, 2.75) is 718 Å². The first-order valence-electron chi connectivity index (χ1n) is 65.4. The minimum atomic E-state index is -1.92. The first kappa shape index (κ1) is 142. The van der Waals surface area contributed by atoms with Crippen molar-refractivity contribution in [2.24, 2.45) is 47.3 Å². The maximum Gasteiger partial charge on any atom is 0.333 e. The predicted molar refractivity (Wildman–Crippen MR) is 633 cm³/mol. The number of aliphatic hydroxyl groups is 3. The number of carbonyl (C=O) groups is 5. The van der Waals surface area contributed by atoms with Gasteiger partial charge < -0.3 is 53.2 Å². The van der Waals surface area contributed by atoms with Crippen LogP contribution < -0.4 is 0 Å². The van der Waals surface area contributed by atoms with Gasteiger partial charge in [0.05, 0.1) is 6.61 Å². The highest BCUT2D eigenvalue weighted by Gasteiger charge is 2.56. The molecule has 16 heteroatoms. The third-order valence-electron chi connectivity index (χ3n) is 32.8. The van der Waals surface area contributed by atoms with Gasteiger partial charge in [-0.2, -0.15) is 0 Å². The molecule has 150 heavy (non-hydrogen) atoms. The van der Waals surface area contributed by atoms with Crippen LogP contribution >= 0.6 is 0 Å². The molecule has 4 unspecified atom stereocenters. The minimum absolute atomic E-state index is 0.00183. The molecule has 2 fully saturated rings. The highest BCUT2D eigenvalue weighted by atomic mass is 16.8. The van der Waals surface area contributed by atoms with Crippen LogP contribution in [0.25, 0.3) is 0 Å². The Balaban J connectivity index is 2.69. The molecule has 16 nitrogen and oxygen atoms in total. The maximum absolute atomic E-state index is 15.1. The van der Waals surface area contributed by atoms with Gasteiger partial charge in [-0.25, -0.2) is 19.2 Å². The van der Waals surface area contributed by atoms with E-state index in [0.717, 1.165) is 103 Å². The molecule has 0 aromatic heterocycles. The highest BCUT2D eigenvalue weighted by Crippen LogP contribution is 2.38. The van der Waals surface area contributed by atoms with Gasteiger partial charge >= 0.3 is 29.8 Å². The number of allylic oxidation sites excluding steroid dienone is 4. The van der Waals surface area contributed by atoms with Gasteiger partial charge in [-0.15, -0.1) is 0 Å². The van der Waals surface area contributed by atoms with Crippen LogP contribution in [0.3, 0.4) is 0 Å². The van der Waals surface area contributed by atoms with E-state index in [4.69, 9.17) is 37.9 Å². The lowest BCUT2D eigenvalue weighted by Gasteiger charge is -2.47. The molecule has 0 aliphatic carbocycles.